The molecule has 6 heteroatoms. The van der Waals surface area contributed by atoms with Crippen LogP contribution in [0.4, 0.5) is 0 Å². The van der Waals surface area contributed by atoms with Gasteiger partial charge >= 0.3 is 5.69 Å². The van der Waals surface area contributed by atoms with Crippen LogP contribution < -0.4 is 11.2 Å². The number of aromatic nitrogens is 3. The molecule has 0 bridgehead atoms. The van der Waals surface area contributed by atoms with Crippen LogP contribution in [-0.2, 0) is 14.1 Å². The minimum absolute atomic E-state index is 0.300. The lowest BCUT2D eigenvalue weighted by molar-refractivity contribution is 0.707. The molecule has 0 atom stereocenters. The maximum absolute atomic E-state index is 11.8. The highest BCUT2D eigenvalue weighted by atomic mass is 127. The molecular formula is C9H8IN3O2. The minimum Gasteiger partial charge on any atom is -0.280 e. The normalized spacial score (nSPS) is 10.9. The Morgan fingerprint density at radius 2 is 1.93 bits per heavy atom. The molecule has 2 rings (SSSR count). The van der Waals surface area contributed by atoms with E-state index in [1.807, 2.05) is 0 Å². The maximum Gasteiger partial charge on any atom is 0.332 e. The van der Waals surface area contributed by atoms with Crippen molar-refractivity contribution in [3.63, 3.8) is 0 Å². The van der Waals surface area contributed by atoms with Crippen LogP contribution in [0.2, 0.25) is 0 Å². The van der Waals surface area contributed by atoms with E-state index in [1.54, 1.807) is 19.3 Å². The standard InChI is InChI=1S/C9H8IN3O2/c1-12-7-6(5(10)3-4-11-7)8(14)13(2)9(12)15/h3-4H,1-2H3. The van der Waals surface area contributed by atoms with Crippen molar-refractivity contribution in [3.05, 3.63) is 36.7 Å². The molecule has 0 fully saturated rings. The number of nitrogens with zero attached hydrogens (tertiary/aromatic N) is 3. The van der Waals surface area contributed by atoms with Gasteiger partial charge in [0.15, 0.2) is 0 Å². The molecule has 2 heterocycles. The molecule has 0 saturated carbocycles. The van der Waals surface area contributed by atoms with Crippen LogP contribution in [0, 0.1) is 3.57 Å². The summed E-state index contributed by atoms with van der Waals surface area (Å²) in [6.45, 7) is 0. The second kappa shape index (κ2) is 3.44. The first kappa shape index (κ1) is 10.3. The van der Waals surface area contributed by atoms with Gasteiger partial charge in [0.25, 0.3) is 5.56 Å². The molecule has 0 N–H and O–H groups in total. The van der Waals surface area contributed by atoms with E-state index in [0.717, 1.165) is 8.14 Å². The molecule has 0 unspecified atom stereocenters. The number of fused-ring (bicyclic) bond motifs is 1. The molecule has 5 nitrogen and oxygen atoms in total. The van der Waals surface area contributed by atoms with E-state index in [-0.39, 0.29) is 11.2 Å². The Bertz CT molecular complexity index is 657. The third-order valence-corrected chi connectivity index (χ3v) is 3.19. The Labute approximate surface area is 98.5 Å². The van der Waals surface area contributed by atoms with E-state index >= 15 is 0 Å². The quantitative estimate of drug-likeness (QED) is 0.654. The fourth-order valence-corrected chi connectivity index (χ4v) is 2.08. The lowest BCUT2D eigenvalue weighted by atomic mass is 10.3. The van der Waals surface area contributed by atoms with Crippen LogP contribution in [0.15, 0.2) is 21.9 Å². The number of pyridine rings is 1. The molecular weight excluding hydrogens is 309 g/mol. The average Bonchev–Trinajstić information content (AvgIpc) is 2.23. The number of halogens is 1. The zero-order valence-corrected chi connectivity index (χ0v) is 10.3. The second-order valence-electron chi connectivity index (χ2n) is 3.20. The molecule has 0 aromatic carbocycles. The van der Waals surface area contributed by atoms with Gasteiger partial charge in [0.1, 0.15) is 5.65 Å². The highest BCUT2D eigenvalue weighted by Crippen LogP contribution is 2.12. The van der Waals surface area contributed by atoms with Crippen molar-refractivity contribution in [3.8, 4) is 0 Å². The fraction of sp³-hybridized carbons (Fsp3) is 0.222. The van der Waals surface area contributed by atoms with E-state index in [2.05, 4.69) is 27.6 Å². The van der Waals surface area contributed by atoms with Crippen molar-refractivity contribution in [2.45, 2.75) is 0 Å². The van der Waals surface area contributed by atoms with Crippen LogP contribution in [0.25, 0.3) is 11.0 Å². The van der Waals surface area contributed by atoms with E-state index in [9.17, 15) is 9.59 Å². The molecule has 2 aromatic rings. The van der Waals surface area contributed by atoms with Crippen molar-refractivity contribution in [1.82, 2.24) is 14.1 Å². The van der Waals surface area contributed by atoms with Gasteiger partial charge in [0, 0.05) is 23.9 Å². The first-order valence-electron chi connectivity index (χ1n) is 4.24. The van der Waals surface area contributed by atoms with Gasteiger partial charge in [-0.15, -0.1) is 0 Å². The molecule has 15 heavy (non-hydrogen) atoms. The smallest absolute Gasteiger partial charge is 0.280 e. The molecule has 2 aromatic heterocycles. The molecule has 0 saturated heterocycles. The highest BCUT2D eigenvalue weighted by molar-refractivity contribution is 14.1. The van der Waals surface area contributed by atoms with Crippen LogP contribution >= 0.6 is 22.6 Å². The summed E-state index contributed by atoms with van der Waals surface area (Å²) >= 11 is 2.06. The zero-order valence-electron chi connectivity index (χ0n) is 8.19. The Balaban J connectivity index is 3.23. The predicted octanol–water partition coefficient (Wildman–Crippen LogP) is 0.237. The summed E-state index contributed by atoms with van der Waals surface area (Å²) in [6.07, 6.45) is 1.59. The summed E-state index contributed by atoms with van der Waals surface area (Å²) in [6, 6.07) is 1.74. The Morgan fingerprint density at radius 1 is 1.27 bits per heavy atom. The number of rotatable bonds is 0. The van der Waals surface area contributed by atoms with Gasteiger partial charge in [-0.05, 0) is 28.7 Å². The first-order valence-corrected chi connectivity index (χ1v) is 5.32. The summed E-state index contributed by atoms with van der Waals surface area (Å²) < 4.78 is 3.26. The zero-order chi connectivity index (χ0) is 11.2. The topological polar surface area (TPSA) is 56.9 Å². The highest BCUT2D eigenvalue weighted by Gasteiger charge is 2.11. The average molecular weight is 317 g/mol. The predicted molar refractivity (Wildman–Crippen MR) is 64.9 cm³/mol. The van der Waals surface area contributed by atoms with Crippen molar-refractivity contribution in [2.24, 2.45) is 14.1 Å². The molecule has 0 aliphatic rings. The molecule has 0 amide bonds. The lowest BCUT2D eigenvalue weighted by Crippen LogP contribution is -2.37. The summed E-state index contributed by atoms with van der Waals surface area (Å²) in [4.78, 5) is 27.5. The maximum atomic E-state index is 11.8. The molecule has 78 valence electrons. The van der Waals surface area contributed by atoms with Crippen LogP contribution in [0.3, 0.4) is 0 Å². The van der Waals surface area contributed by atoms with Crippen molar-refractivity contribution in [2.75, 3.05) is 0 Å². The SMILES string of the molecule is Cn1c(=O)c2c(I)ccnc2n(C)c1=O. The number of hydrogen-bond donors (Lipinski definition) is 0. The number of aryl methyl sites for hydroxylation is 1. The Hall–Kier alpha value is -1.18. The van der Waals surface area contributed by atoms with Gasteiger partial charge in [-0.25, -0.2) is 9.78 Å². The van der Waals surface area contributed by atoms with Gasteiger partial charge in [0.05, 0.1) is 5.39 Å². The van der Waals surface area contributed by atoms with E-state index in [1.165, 1.54) is 11.6 Å². The third-order valence-electron chi connectivity index (χ3n) is 2.29. The van der Waals surface area contributed by atoms with Gasteiger partial charge in [0.2, 0.25) is 0 Å². The van der Waals surface area contributed by atoms with Gasteiger partial charge in [-0.1, -0.05) is 0 Å². The first-order chi connectivity index (χ1) is 7.04. The molecule has 0 radical (unpaired) electrons. The van der Waals surface area contributed by atoms with Crippen molar-refractivity contribution in [1.29, 1.82) is 0 Å². The summed E-state index contributed by atoms with van der Waals surface area (Å²) in [5.41, 5.74) is -0.234. The lowest BCUT2D eigenvalue weighted by Gasteiger charge is -2.06. The molecule has 0 aliphatic heterocycles. The fourth-order valence-electron chi connectivity index (χ4n) is 1.45. The monoisotopic (exact) mass is 317 g/mol. The summed E-state index contributed by atoms with van der Waals surface area (Å²) in [7, 11) is 3.07. The van der Waals surface area contributed by atoms with Crippen LogP contribution in [0.1, 0.15) is 0 Å². The summed E-state index contributed by atoms with van der Waals surface area (Å²) in [5.74, 6) is 0. The largest absolute Gasteiger partial charge is 0.332 e. The van der Waals surface area contributed by atoms with Crippen molar-refractivity contribution < 1.29 is 0 Å². The van der Waals surface area contributed by atoms with E-state index < -0.39 is 0 Å². The van der Waals surface area contributed by atoms with E-state index in [0.29, 0.717) is 11.0 Å². The van der Waals surface area contributed by atoms with E-state index in [4.69, 9.17) is 0 Å². The Kier molecular flexibility index (Phi) is 2.37. The summed E-state index contributed by atoms with van der Waals surface area (Å²) in [5, 5.41) is 0.489. The van der Waals surface area contributed by atoms with Gasteiger partial charge in [-0.2, -0.15) is 0 Å². The number of hydrogen-bond acceptors (Lipinski definition) is 3. The molecule has 0 aliphatic carbocycles. The van der Waals surface area contributed by atoms with Crippen molar-refractivity contribution >= 4 is 33.6 Å². The van der Waals surface area contributed by atoms with Gasteiger partial charge in [-0.3, -0.25) is 13.9 Å². The van der Waals surface area contributed by atoms with Crippen LogP contribution in [-0.4, -0.2) is 14.1 Å². The minimum atomic E-state index is -0.359. The second-order valence-corrected chi connectivity index (χ2v) is 4.36. The van der Waals surface area contributed by atoms with Crippen LogP contribution in [0.5, 0.6) is 0 Å². The van der Waals surface area contributed by atoms with Gasteiger partial charge < -0.3 is 0 Å². The molecule has 0 spiro atoms. The third kappa shape index (κ3) is 1.39. The Morgan fingerprint density at radius 3 is 2.60 bits per heavy atom.